The number of nitrogens with zero attached hydrogens (tertiary/aromatic N) is 3. The summed E-state index contributed by atoms with van der Waals surface area (Å²) in [7, 11) is 0. The maximum absolute atomic E-state index is 4.30. The molecule has 14 heavy (non-hydrogen) atoms. The molecule has 0 radical (unpaired) electrons. The molecule has 2 aromatic heterocycles. The molecule has 1 N–H and O–H groups in total. The van der Waals surface area contributed by atoms with E-state index in [1.165, 1.54) is 6.42 Å². The Bertz CT molecular complexity index is 462. The number of imidazole rings is 1. The van der Waals surface area contributed by atoms with Crippen LogP contribution in [-0.4, -0.2) is 20.4 Å². The average molecular weight is 188 g/mol. The van der Waals surface area contributed by atoms with Gasteiger partial charge in [-0.3, -0.25) is 0 Å². The minimum atomic E-state index is 0.614. The summed E-state index contributed by atoms with van der Waals surface area (Å²) in [6.07, 6.45) is 8.73. The first kappa shape index (κ1) is 7.79. The molecular weight excluding hydrogens is 176 g/mol. The summed E-state index contributed by atoms with van der Waals surface area (Å²) in [6, 6.07) is 0.614. The quantitative estimate of drug-likeness (QED) is 0.777. The van der Waals surface area contributed by atoms with Crippen molar-refractivity contribution in [3.63, 3.8) is 0 Å². The van der Waals surface area contributed by atoms with Gasteiger partial charge in [0.1, 0.15) is 5.82 Å². The van der Waals surface area contributed by atoms with Crippen molar-refractivity contribution in [3.8, 4) is 0 Å². The third-order valence-electron chi connectivity index (χ3n) is 2.72. The molecule has 1 aliphatic rings. The highest BCUT2D eigenvalue weighted by molar-refractivity contribution is 5.43. The number of rotatable bonds is 2. The molecule has 3 rings (SSSR count). The number of nitrogens with one attached hydrogen (secondary N) is 1. The van der Waals surface area contributed by atoms with E-state index >= 15 is 0 Å². The van der Waals surface area contributed by atoms with Gasteiger partial charge in [-0.25, -0.2) is 9.97 Å². The predicted octanol–water partition coefficient (Wildman–Crippen LogP) is 1.55. The summed E-state index contributed by atoms with van der Waals surface area (Å²) in [5, 5.41) is 3.39. The van der Waals surface area contributed by atoms with Crippen molar-refractivity contribution in [1.29, 1.82) is 0 Å². The van der Waals surface area contributed by atoms with Crippen LogP contribution in [0.15, 0.2) is 24.8 Å². The Morgan fingerprint density at radius 2 is 2.36 bits per heavy atom. The van der Waals surface area contributed by atoms with Crippen molar-refractivity contribution >= 4 is 11.5 Å². The molecule has 2 atom stereocenters. The van der Waals surface area contributed by atoms with Gasteiger partial charge in [-0.15, -0.1) is 0 Å². The molecule has 1 saturated carbocycles. The number of hydrogen-bond donors (Lipinski definition) is 1. The van der Waals surface area contributed by atoms with Gasteiger partial charge in [0, 0.05) is 18.4 Å². The lowest BCUT2D eigenvalue weighted by molar-refractivity contribution is 0.920. The fourth-order valence-electron chi connectivity index (χ4n) is 1.61. The molecule has 0 saturated heterocycles. The lowest BCUT2D eigenvalue weighted by atomic mass is 10.5. The summed E-state index contributed by atoms with van der Waals surface area (Å²) < 4.78 is 1.97. The topological polar surface area (TPSA) is 42.2 Å². The van der Waals surface area contributed by atoms with Crippen LogP contribution in [-0.2, 0) is 0 Å². The molecule has 72 valence electrons. The molecular formula is C10H12N4. The van der Waals surface area contributed by atoms with Crippen LogP contribution in [0.2, 0.25) is 0 Å². The normalized spacial score (nSPS) is 25.2. The van der Waals surface area contributed by atoms with E-state index < -0.39 is 0 Å². The highest BCUT2D eigenvalue weighted by Gasteiger charge is 2.32. The Labute approximate surface area is 82.0 Å². The van der Waals surface area contributed by atoms with Gasteiger partial charge >= 0.3 is 0 Å². The monoisotopic (exact) mass is 188 g/mol. The first-order valence-corrected chi connectivity index (χ1v) is 4.88. The van der Waals surface area contributed by atoms with Gasteiger partial charge in [0.25, 0.3) is 0 Å². The van der Waals surface area contributed by atoms with Gasteiger partial charge in [-0.05, 0) is 12.3 Å². The minimum absolute atomic E-state index is 0.614. The Morgan fingerprint density at radius 3 is 3.14 bits per heavy atom. The lowest BCUT2D eigenvalue weighted by Gasteiger charge is -2.03. The van der Waals surface area contributed by atoms with Crippen LogP contribution < -0.4 is 5.32 Å². The van der Waals surface area contributed by atoms with E-state index in [1.54, 1.807) is 12.4 Å². The van der Waals surface area contributed by atoms with E-state index in [4.69, 9.17) is 0 Å². The zero-order valence-corrected chi connectivity index (χ0v) is 8.01. The van der Waals surface area contributed by atoms with Gasteiger partial charge < -0.3 is 9.72 Å². The van der Waals surface area contributed by atoms with Gasteiger partial charge in [-0.1, -0.05) is 6.92 Å². The highest BCUT2D eigenvalue weighted by Crippen LogP contribution is 2.31. The van der Waals surface area contributed by atoms with Crippen molar-refractivity contribution in [1.82, 2.24) is 14.4 Å². The molecule has 2 heterocycles. The fourth-order valence-corrected chi connectivity index (χ4v) is 1.61. The number of aromatic nitrogens is 3. The van der Waals surface area contributed by atoms with E-state index in [2.05, 4.69) is 22.2 Å². The maximum atomic E-state index is 4.30. The smallest absolute Gasteiger partial charge is 0.155 e. The molecule has 4 nitrogen and oxygen atoms in total. The summed E-state index contributed by atoms with van der Waals surface area (Å²) in [5.74, 6) is 1.72. The first-order valence-electron chi connectivity index (χ1n) is 4.88. The van der Waals surface area contributed by atoms with E-state index in [0.29, 0.717) is 6.04 Å². The van der Waals surface area contributed by atoms with Crippen molar-refractivity contribution in [2.24, 2.45) is 5.92 Å². The molecule has 0 bridgehead atoms. The van der Waals surface area contributed by atoms with Crippen LogP contribution >= 0.6 is 0 Å². The molecule has 0 amide bonds. The number of fused-ring (bicyclic) bond motifs is 1. The Kier molecular flexibility index (Phi) is 1.50. The van der Waals surface area contributed by atoms with Crippen LogP contribution in [0.1, 0.15) is 13.3 Å². The third-order valence-corrected chi connectivity index (χ3v) is 2.72. The van der Waals surface area contributed by atoms with Crippen molar-refractivity contribution in [2.75, 3.05) is 5.32 Å². The largest absolute Gasteiger partial charge is 0.366 e. The molecule has 0 aliphatic heterocycles. The zero-order chi connectivity index (χ0) is 9.54. The predicted molar refractivity (Wildman–Crippen MR) is 54.2 cm³/mol. The Morgan fingerprint density at radius 1 is 1.50 bits per heavy atom. The van der Waals surface area contributed by atoms with E-state index in [0.717, 1.165) is 17.4 Å². The third kappa shape index (κ3) is 1.23. The average Bonchev–Trinajstić information content (AvgIpc) is 2.70. The van der Waals surface area contributed by atoms with E-state index in [1.807, 2.05) is 16.8 Å². The van der Waals surface area contributed by atoms with Crippen molar-refractivity contribution in [2.45, 2.75) is 19.4 Å². The van der Waals surface area contributed by atoms with Crippen molar-refractivity contribution in [3.05, 3.63) is 24.8 Å². The second kappa shape index (κ2) is 2.70. The summed E-state index contributed by atoms with van der Waals surface area (Å²) >= 11 is 0. The minimum Gasteiger partial charge on any atom is -0.366 e. The summed E-state index contributed by atoms with van der Waals surface area (Å²) in [6.45, 7) is 2.24. The first-order chi connectivity index (χ1) is 6.83. The second-order valence-electron chi connectivity index (χ2n) is 3.93. The molecule has 1 fully saturated rings. The van der Waals surface area contributed by atoms with Crippen LogP contribution in [0, 0.1) is 5.92 Å². The van der Waals surface area contributed by atoms with Crippen LogP contribution in [0.25, 0.3) is 5.65 Å². The van der Waals surface area contributed by atoms with Crippen LogP contribution in [0.5, 0.6) is 0 Å². The van der Waals surface area contributed by atoms with Gasteiger partial charge in [0.2, 0.25) is 0 Å². The van der Waals surface area contributed by atoms with Crippen LogP contribution in [0.4, 0.5) is 5.82 Å². The molecule has 2 aromatic rings. The lowest BCUT2D eigenvalue weighted by Crippen LogP contribution is -2.05. The fraction of sp³-hybridized carbons (Fsp3) is 0.400. The van der Waals surface area contributed by atoms with Crippen molar-refractivity contribution < 1.29 is 0 Å². The summed E-state index contributed by atoms with van der Waals surface area (Å²) in [5.41, 5.74) is 0.888. The van der Waals surface area contributed by atoms with Crippen LogP contribution in [0.3, 0.4) is 0 Å². The molecule has 0 spiro atoms. The highest BCUT2D eigenvalue weighted by atomic mass is 15.1. The number of anilines is 1. The molecule has 4 heteroatoms. The Balaban J connectivity index is 1.89. The zero-order valence-electron chi connectivity index (χ0n) is 8.01. The van der Waals surface area contributed by atoms with E-state index in [9.17, 15) is 0 Å². The Hall–Kier alpha value is -1.58. The van der Waals surface area contributed by atoms with Gasteiger partial charge in [-0.2, -0.15) is 0 Å². The van der Waals surface area contributed by atoms with Gasteiger partial charge in [0.15, 0.2) is 5.65 Å². The SMILES string of the molecule is C[C@@H]1C[C@H]1Nc1cn2ccnc2cn1. The number of hydrogen-bond acceptors (Lipinski definition) is 3. The van der Waals surface area contributed by atoms with Gasteiger partial charge in [0.05, 0.1) is 12.4 Å². The maximum Gasteiger partial charge on any atom is 0.155 e. The summed E-state index contributed by atoms with van der Waals surface area (Å²) in [4.78, 5) is 8.44. The molecule has 1 aliphatic carbocycles. The molecule has 0 unspecified atom stereocenters. The standard InChI is InChI=1S/C10H12N4/c1-7-4-8(7)13-9-6-14-3-2-11-10(14)5-12-9/h2-3,5-8,13H,4H2,1H3/t7-,8-/m1/s1. The van der Waals surface area contributed by atoms with E-state index in [-0.39, 0.29) is 0 Å². The molecule has 0 aromatic carbocycles. The second-order valence-corrected chi connectivity index (χ2v) is 3.93.